The standard InChI is InChI=1S/C18H20N4OS/c1-4-14-19-16-15(21(14)3)17(23)22-13(10-24-18(22)20-16)9-12-7-5-11(2)6-8-12/h5-8,13H,4,9-10H2,1-3H3. The van der Waals surface area contributed by atoms with Crippen molar-refractivity contribution in [1.29, 1.82) is 0 Å². The smallest absolute Gasteiger partial charge is 0.280 e. The Bertz CT molecular complexity index is 971. The van der Waals surface area contributed by atoms with E-state index in [-0.39, 0.29) is 11.6 Å². The Balaban J connectivity index is 1.79. The highest BCUT2D eigenvalue weighted by molar-refractivity contribution is 7.99. The van der Waals surface area contributed by atoms with Crippen LogP contribution in [0.15, 0.2) is 34.2 Å². The Morgan fingerprint density at radius 2 is 2.00 bits per heavy atom. The molecule has 4 rings (SSSR count). The summed E-state index contributed by atoms with van der Waals surface area (Å²) in [5.41, 5.74) is 3.74. The third kappa shape index (κ3) is 2.36. The van der Waals surface area contributed by atoms with Crippen LogP contribution in [0.2, 0.25) is 0 Å². The van der Waals surface area contributed by atoms with Gasteiger partial charge in [-0.1, -0.05) is 48.5 Å². The number of nitrogens with zero attached hydrogens (tertiary/aromatic N) is 4. The Kier molecular flexibility index (Phi) is 3.72. The molecule has 1 aromatic carbocycles. The number of aromatic nitrogens is 4. The largest absolute Gasteiger partial charge is 0.325 e. The first kappa shape index (κ1) is 15.4. The Morgan fingerprint density at radius 1 is 1.25 bits per heavy atom. The number of thioether (sulfide) groups is 1. The van der Waals surface area contributed by atoms with E-state index in [1.54, 1.807) is 11.8 Å². The number of rotatable bonds is 3. The van der Waals surface area contributed by atoms with Gasteiger partial charge in [0.1, 0.15) is 5.82 Å². The van der Waals surface area contributed by atoms with Crippen molar-refractivity contribution in [3.05, 3.63) is 51.6 Å². The van der Waals surface area contributed by atoms with Gasteiger partial charge in [0.25, 0.3) is 5.56 Å². The molecule has 3 heterocycles. The molecule has 0 saturated heterocycles. The van der Waals surface area contributed by atoms with Crippen molar-refractivity contribution in [3.8, 4) is 0 Å². The number of benzene rings is 1. The normalized spacial score (nSPS) is 16.7. The van der Waals surface area contributed by atoms with E-state index in [9.17, 15) is 4.79 Å². The van der Waals surface area contributed by atoms with Crippen molar-refractivity contribution in [2.24, 2.45) is 7.05 Å². The lowest BCUT2D eigenvalue weighted by Crippen LogP contribution is -2.27. The maximum atomic E-state index is 13.1. The van der Waals surface area contributed by atoms with Crippen LogP contribution in [0.4, 0.5) is 0 Å². The zero-order valence-electron chi connectivity index (χ0n) is 14.1. The Morgan fingerprint density at radius 3 is 2.71 bits per heavy atom. The van der Waals surface area contributed by atoms with Crippen LogP contribution in [0, 0.1) is 6.92 Å². The highest BCUT2D eigenvalue weighted by Gasteiger charge is 2.28. The van der Waals surface area contributed by atoms with E-state index in [1.165, 1.54) is 11.1 Å². The fourth-order valence-corrected chi connectivity index (χ4v) is 4.45. The molecule has 0 amide bonds. The van der Waals surface area contributed by atoms with Crippen molar-refractivity contribution >= 4 is 22.9 Å². The Hall–Kier alpha value is -2.08. The fourth-order valence-electron chi connectivity index (χ4n) is 3.32. The van der Waals surface area contributed by atoms with E-state index < -0.39 is 0 Å². The van der Waals surface area contributed by atoms with Crippen LogP contribution < -0.4 is 5.56 Å². The summed E-state index contributed by atoms with van der Waals surface area (Å²) in [5, 5.41) is 0.797. The molecule has 0 fully saturated rings. The molecule has 3 aromatic rings. The minimum atomic E-state index is 0.0341. The van der Waals surface area contributed by atoms with Crippen molar-refractivity contribution in [2.75, 3.05) is 5.75 Å². The first-order chi connectivity index (χ1) is 11.6. The van der Waals surface area contributed by atoms with Crippen LogP contribution in [-0.2, 0) is 19.9 Å². The van der Waals surface area contributed by atoms with Gasteiger partial charge in [-0.15, -0.1) is 0 Å². The minimum Gasteiger partial charge on any atom is -0.325 e. The van der Waals surface area contributed by atoms with Crippen LogP contribution in [0.25, 0.3) is 11.2 Å². The molecular formula is C18H20N4OS. The lowest BCUT2D eigenvalue weighted by Gasteiger charge is -2.13. The lowest BCUT2D eigenvalue weighted by molar-refractivity contribution is 0.506. The molecule has 1 aliphatic rings. The van der Waals surface area contributed by atoms with E-state index >= 15 is 0 Å². The summed E-state index contributed by atoms with van der Waals surface area (Å²) in [5.74, 6) is 1.78. The molecule has 0 saturated carbocycles. The summed E-state index contributed by atoms with van der Waals surface area (Å²) in [6.07, 6.45) is 1.65. The summed E-state index contributed by atoms with van der Waals surface area (Å²) < 4.78 is 3.76. The van der Waals surface area contributed by atoms with Crippen molar-refractivity contribution < 1.29 is 0 Å². The third-order valence-electron chi connectivity index (χ3n) is 4.68. The van der Waals surface area contributed by atoms with E-state index in [4.69, 9.17) is 0 Å². The van der Waals surface area contributed by atoms with Gasteiger partial charge in [0.15, 0.2) is 16.3 Å². The Labute approximate surface area is 144 Å². The molecule has 0 N–H and O–H groups in total. The zero-order valence-corrected chi connectivity index (χ0v) is 14.9. The summed E-state index contributed by atoms with van der Waals surface area (Å²) in [6.45, 7) is 4.13. The van der Waals surface area contributed by atoms with Crippen LogP contribution in [0.1, 0.15) is 29.9 Å². The average molecular weight is 340 g/mol. The molecule has 1 aliphatic heterocycles. The van der Waals surface area contributed by atoms with Crippen molar-refractivity contribution in [1.82, 2.24) is 19.1 Å². The predicted molar refractivity (Wildman–Crippen MR) is 96.8 cm³/mol. The molecule has 5 nitrogen and oxygen atoms in total. The van der Waals surface area contributed by atoms with Crippen LogP contribution in [0.5, 0.6) is 0 Å². The summed E-state index contributed by atoms with van der Waals surface area (Å²) in [7, 11) is 1.90. The molecular weight excluding hydrogens is 320 g/mol. The maximum Gasteiger partial charge on any atom is 0.280 e. The molecule has 1 unspecified atom stereocenters. The van der Waals surface area contributed by atoms with E-state index in [1.807, 2.05) is 23.1 Å². The van der Waals surface area contributed by atoms with Gasteiger partial charge in [0.05, 0.1) is 6.04 Å². The second kappa shape index (κ2) is 5.77. The third-order valence-corrected chi connectivity index (χ3v) is 5.77. The quantitative estimate of drug-likeness (QED) is 0.688. The molecule has 0 radical (unpaired) electrons. The topological polar surface area (TPSA) is 52.7 Å². The van der Waals surface area contributed by atoms with Crippen LogP contribution in [0.3, 0.4) is 0 Å². The average Bonchev–Trinajstić information content (AvgIpc) is 3.11. The van der Waals surface area contributed by atoms with E-state index in [0.29, 0.717) is 11.2 Å². The SMILES string of the molecule is CCc1nc2nc3n(c(=O)c2n1C)C(Cc1ccc(C)cc1)CS3. The highest BCUT2D eigenvalue weighted by atomic mass is 32.2. The van der Waals surface area contributed by atoms with Crippen molar-refractivity contribution in [2.45, 2.75) is 37.9 Å². The number of fused-ring (bicyclic) bond motifs is 2. The summed E-state index contributed by atoms with van der Waals surface area (Å²) in [6, 6.07) is 8.69. The van der Waals surface area contributed by atoms with Gasteiger partial charge in [-0.25, -0.2) is 9.97 Å². The maximum absolute atomic E-state index is 13.1. The summed E-state index contributed by atoms with van der Waals surface area (Å²) in [4.78, 5) is 22.2. The molecule has 6 heteroatoms. The van der Waals surface area contributed by atoms with Crippen molar-refractivity contribution in [3.63, 3.8) is 0 Å². The van der Waals surface area contributed by atoms with E-state index in [0.717, 1.165) is 29.6 Å². The highest BCUT2D eigenvalue weighted by Crippen LogP contribution is 2.33. The number of hydrogen-bond donors (Lipinski definition) is 0. The molecule has 1 atom stereocenters. The summed E-state index contributed by atoms with van der Waals surface area (Å²) >= 11 is 1.65. The first-order valence-electron chi connectivity index (χ1n) is 8.24. The predicted octanol–water partition coefficient (Wildman–Crippen LogP) is 2.89. The number of aryl methyl sites for hydroxylation is 3. The number of imidazole rings is 1. The monoisotopic (exact) mass is 340 g/mol. The lowest BCUT2D eigenvalue weighted by atomic mass is 10.1. The van der Waals surface area contributed by atoms with Crippen LogP contribution in [-0.4, -0.2) is 24.9 Å². The van der Waals surface area contributed by atoms with Gasteiger partial charge in [0, 0.05) is 19.2 Å². The first-order valence-corrected chi connectivity index (χ1v) is 9.23. The van der Waals surface area contributed by atoms with E-state index in [2.05, 4.69) is 41.2 Å². The van der Waals surface area contributed by atoms with Gasteiger partial charge in [-0.3, -0.25) is 9.36 Å². The van der Waals surface area contributed by atoms with Gasteiger partial charge in [0.2, 0.25) is 0 Å². The minimum absolute atomic E-state index is 0.0341. The zero-order chi connectivity index (χ0) is 16.8. The second-order valence-corrected chi connectivity index (χ2v) is 7.32. The molecule has 0 bridgehead atoms. The van der Waals surface area contributed by atoms with Gasteiger partial charge in [-0.2, -0.15) is 0 Å². The molecule has 2 aromatic heterocycles. The molecule has 24 heavy (non-hydrogen) atoms. The second-order valence-electron chi connectivity index (χ2n) is 6.34. The van der Waals surface area contributed by atoms with Crippen LogP contribution >= 0.6 is 11.8 Å². The number of hydrogen-bond acceptors (Lipinski definition) is 4. The van der Waals surface area contributed by atoms with Gasteiger partial charge < -0.3 is 4.57 Å². The van der Waals surface area contributed by atoms with Gasteiger partial charge in [-0.05, 0) is 18.9 Å². The molecule has 0 aliphatic carbocycles. The molecule has 0 spiro atoms. The van der Waals surface area contributed by atoms with Gasteiger partial charge >= 0.3 is 0 Å². The molecule has 124 valence electrons. The fraction of sp³-hybridized carbons (Fsp3) is 0.389.